The van der Waals surface area contributed by atoms with E-state index in [-0.39, 0.29) is 11.8 Å². The molecule has 3 aromatic carbocycles. The monoisotopic (exact) mass is 474 g/mol. The summed E-state index contributed by atoms with van der Waals surface area (Å²) in [5, 5.41) is 3.02. The maximum Gasteiger partial charge on any atom is 0.243 e. The molecule has 0 aliphatic carbocycles. The summed E-state index contributed by atoms with van der Waals surface area (Å²) >= 11 is 1.75. The Labute approximate surface area is 207 Å². The van der Waals surface area contributed by atoms with Crippen molar-refractivity contribution in [2.45, 2.75) is 44.5 Å². The molecule has 0 saturated heterocycles. The second-order valence-electron chi connectivity index (χ2n) is 8.29. The number of carbonyl (C=O) groups excluding carboxylic acids is 2. The molecule has 5 heteroatoms. The molecule has 0 bridgehead atoms. The zero-order chi connectivity index (χ0) is 24.0. The first-order valence-electron chi connectivity index (χ1n) is 11.9. The lowest BCUT2D eigenvalue weighted by molar-refractivity contribution is -0.141. The zero-order valence-electron chi connectivity index (χ0n) is 19.9. The Kier molecular flexibility index (Phi) is 10.7. The summed E-state index contributed by atoms with van der Waals surface area (Å²) in [4.78, 5) is 28.5. The fourth-order valence-electron chi connectivity index (χ4n) is 3.77. The van der Waals surface area contributed by atoms with Gasteiger partial charge in [-0.2, -0.15) is 11.8 Å². The summed E-state index contributed by atoms with van der Waals surface area (Å²) in [5.41, 5.74) is 3.32. The first-order chi connectivity index (χ1) is 16.7. The molecule has 0 aromatic heterocycles. The average molecular weight is 475 g/mol. The molecular formula is C29H34N2O2S. The highest BCUT2D eigenvalue weighted by Crippen LogP contribution is 2.18. The highest BCUT2D eigenvalue weighted by molar-refractivity contribution is 7.98. The van der Waals surface area contributed by atoms with E-state index < -0.39 is 6.04 Å². The molecule has 178 valence electrons. The van der Waals surface area contributed by atoms with Crippen molar-refractivity contribution in [2.75, 3.05) is 12.3 Å². The molecular weight excluding hydrogens is 440 g/mol. The number of amides is 2. The van der Waals surface area contributed by atoms with Crippen LogP contribution in [0.5, 0.6) is 0 Å². The first-order valence-corrected chi connectivity index (χ1v) is 13.1. The van der Waals surface area contributed by atoms with E-state index in [4.69, 9.17) is 0 Å². The van der Waals surface area contributed by atoms with Crippen LogP contribution in [0.15, 0.2) is 91.0 Å². The van der Waals surface area contributed by atoms with Gasteiger partial charge in [-0.3, -0.25) is 9.59 Å². The van der Waals surface area contributed by atoms with E-state index in [1.54, 1.807) is 16.7 Å². The summed E-state index contributed by atoms with van der Waals surface area (Å²) < 4.78 is 0. The topological polar surface area (TPSA) is 49.4 Å². The molecule has 3 aromatic rings. The second-order valence-corrected chi connectivity index (χ2v) is 9.40. The van der Waals surface area contributed by atoms with Crippen molar-refractivity contribution in [2.24, 2.45) is 0 Å². The van der Waals surface area contributed by atoms with E-state index >= 15 is 0 Å². The van der Waals surface area contributed by atoms with Gasteiger partial charge in [-0.05, 0) is 23.1 Å². The number of hydrogen-bond acceptors (Lipinski definition) is 3. The molecule has 0 fully saturated rings. The summed E-state index contributed by atoms with van der Waals surface area (Å²) in [7, 11) is 0. The van der Waals surface area contributed by atoms with Gasteiger partial charge in [0.15, 0.2) is 0 Å². The van der Waals surface area contributed by atoms with Gasteiger partial charge in [0.05, 0.1) is 0 Å². The van der Waals surface area contributed by atoms with Crippen molar-refractivity contribution >= 4 is 23.6 Å². The minimum absolute atomic E-state index is 0.0111. The van der Waals surface area contributed by atoms with Gasteiger partial charge in [-0.15, -0.1) is 0 Å². The molecule has 0 saturated carbocycles. The number of carbonyl (C=O) groups is 2. The molecule has 0 radical (unpaired) electrons. The van der Waals surface area contributed by atoms with Crippen LogP contribution in [0.3, 0.4) is 0 Å². The third-order valence-electron chi connectivity index (χ3n) is 5.59. The van der Waals surface area contributed by atoms with Crippen LogP contribution in [-0.4, -0.2) is 35.1 Å². The van der Waals surface area contributed by atoms with Gasteiger partial charge in [0, 0.05) is 37.4 Å². The van der Waals surface area contributed by atoms with Crippen LogP contribution in [0.25, 0.3) is 0 Å². The number of rotatable bonds is 13. The van der Waals surface area contributed by atoms with Gasteiger partial charge in [0.1, 0.15) is 6.04 Å². The van der Waals surface area contributed by atoms with Gasteiger partial charge in [-0.25, -0.2) is 0 Å². The maximum atomic E-state index is 13.5. The summed E-state index contributed by atoms with van der Waals surface area (Å²) in [6.45, 7) is 3.05. The Bertz CT molecular complexity index is 996. The minimum Gasteiger partial charge on any atom is -0.354 e. The van der Waals surface area contributed by atoms with Crippen LogP contribution < -0.4 is 5.32 Å². The lowest BCUT2D eigenvalue weighted by Gasteiger charge is -2.31. The van der Waals surface area contributed by atoms with Crippen molar-refractivity contribution in [3.05, 3.63) is 108 Å². The Morgan fingerprint density at radius 3 is 1.97 bits per heavy atom. The Morgan fingerprint density at radius 1 is 0.824 bits per heavy atom. The third kappa shape index (κ3) is 8.38. The van der Waals surface area contributed by atoms with Crippen molar-refractivity contribution < 1.29 is 9.59 Å². The molecule has 2 amide bonds. The third-order valence-corrected chi connectivity index (χ3v) is 6.62. The quantitative estimate of drug-likeness (QED) is 0.334. The van der Waals surface area contributed by atoms with Crippen LogP contribution in [0, 0.1) is 0 Å². The standard InChI is InChI=1S/C29H34N2O2S/c1-2-19-30-29(33)27(21-24-12-6-3-7-13-24)31(22-25-14-8-4-9-15-25)28(32)18-20-34-23-26-16-10-5-11-17-26/h3-17,27H,2,18-23H2,1H3,(H,30,33)/t27-/m1/s1. The molecule has 0 aliphatic rings. The fourth-order valence-corrected chi connectivity index (χ4v) is 4.66. The van der Waals surface area contributed by atoms with Gasteiger partial charge < -0.3 is 10.2 Å². The maximum absolute atomic E-state index is 13.5. The van der Waals surface area contributed by atoms with Crippen LogP contribution in [0.2, 0.25) is 0 Å². The van der Waals surface area contributed by atoms with Crippen LogP contribution in [-0.2, 0) is 28.3 Å². The molecule has 4 nitrogen and oxygen atoms in total. The predicted molar refractivity (Wildman–Crippen MR) is 141 cm³/mol. The molecule has 3 rings (SSSR count). The van der Waals surface area contributed by atoms with Crippen molar-refractivity contribution in [1.82, 2.24) is 10.2 Å². The molecule has 0 spiro atoms. The van der Waals surface area contributed by atoms with E-state index in [9.17, 15) is 9.59 Å². The number of nitrogens with one attached hydrogen (secondary N) is 1. The normalized spacial score (nSPS) is 11.6. The van der Waals surface area contributed by atoms with Gasteiger partial charge in [0.25, 0.3) is 0 Å². The average Bonchev–Trinajstić information content (AvgIpc) is 2.89. The molecule has 1 N–H and O–H groups in total. The largest absolute Gasteiger partial charge is 0.354 e. The smallest absolute Gasteiger partial charge is 0.243 e. The van der Waals surface area contributed by atoms with Crippen molar-refractivity contribution in [3.8, 4) is 0 Å². The van der Waals surface area contributed by atoms with Crippen LogP contribution in [0.1, 0.15) is 36.5 Å². The molecule has 0 unspecified atom stereocenters. The minimum atomic E-state index is -0.555. The van der Waals surface area contributed by atoms with E-state index in [0.717, 1.165) is 23.3 Å². The molecule has 1 atom stereocenters. The highest BCUT2D eigenvalue weighted by atomic mass is 32.2. The number of nitrogens with zero attached hydrogens (tertiary/aromatic N) is 1. The van der Waals surface area contributed by atoms with Gasteiger partial charge >= 0.3 is 0 Å². The Balaban J connectivity index is 1.75. The van der Waals surface area contributed by atoms with Crippen molar-refractivity contribution in [3.63, 3.8) is 0 Å². The van der Waals surface area contributed by atoms with Crippen LogP contribution in [0.4, 0.5) is 0 Å². The molecule has 0 heterocycles. The molecule has 0 aliphatic heterocycles. The fraction of sp³-hybridized carbons (Fsp3) is 0.310. The summed E-state index contributed by atoms with van der Waals surface area (Å²) in [6.07, 6.45) is 1.75. The van der Waals surface area contributed by atoms with Gasteiger partial charge in [-0.1, -0.05) is 97.9 Å². The second kappa shape index (κ2) is 14.3. The van der Waals surface area contributed by atoms with E-state index in [2.05, 4.69) is 17.4 Å². The van der Waals surface area contributed by atoms with E-state index in [1.165, 1.54) is 5.56 Å². The molecule has 34 heavy (non-hydrogen) atoms. The van der Waals surface area contributed by atoms with Crippen molar-refractivity contribution in [1.29, 1.82) is 0 Å². The number of hydrogen-bond donors (Lipinski definition) is 1. The van der Waals surface area contributed by atoms with Crippen LogP contribution >= 0.6 is 11.8 Å². The lowest BCUT2D eigenvalue weighted by Crippen LogP contribution is -2.50. The van der Waals surface area contributed by atoms with E-state index in [0.29, 0.717) is 31.7 Å². The SMILES string of the molecule is CCCNC(=O)[C@@H](Cc1ccccc1)N(Cc1ccccc1)C(=O)CCSCc1ccccc1. The summed E-state index contributed by atoms with van der Waals surface area (Å²) in [5.74, 6) is 1.51. The summed E-state index contributed by atoms with van der Waals surface area (Å²) in [6, 6.07) is 29.6. The Morgan fingerprint density at radius 2 is 1.38 bits per heavy atom. The zero-order valence-corrected chi connectivity index (χ0v) is 20.7. The number of benzene rings is 3. The lowest BCUT2D eigenvalue weighted by atomic mass is 10.0. The highest BCUT2D eigenvalue weighted by Gasteiger charge is 2.29. The number of thioether (sulfide) groups is 1. The Hall–Kier alpha value is -3.05. The predicted octanol–water partition coefficient (Wildman–Crippen LogP) is 5.48. The van der Waals surface area contributed by atoms with Gasteiger partial charge in [0.2, 0.25) is 11.8 Å². The van der Waals surface area contributed by atoms with E-state index in [1.807, 2.05) is 85.8 Å². The first kappa shape index (κ1) is 25.6.